The fourth-order valence-corrected chi connectivity index (χ4v) is 3.52. The number of thiophene rings is 1. The van der Waals surface area contributed by atoms with E-state index in [1.165, 1.54) is 21.2 Å². The van der Waals surface area contributed by atoms with E-state index in [0.29, 0.717) is 0 Å². The van der Waals surface area contributed by atoms with Crippen LogP contribution in [0.1, 0.15) is 36.3 Å². The van der Waals surface area contributed by atoms with Crippen molar-refractivity contribution in [3.63, 3.8) is 0 Å². The van der Waals surface area contributed by atoms with Crippen LogP contribution in [-0.4, -0.2) is 6.54 Å². The molecular weight excluding hydrogens is 266 g/mol. The van der Waals surface area contributed by atoms with E-state index in [4.69, 9.17) is 4.42 Å². The van der Waals surface area contributed by atoms with Crippen LogP contribution in [0.4, 0.5) is 0 Å². The molecule has 3 heteroatoms. The van der Waals surface area contributed by atoms with E-state index in [9.17, 15) is 0 Å². The lowest BCUT2D eigenvalue weighted by molar-refractivity contribution is 0.524. The molecule has 1 N–H and O–H groups in total. The van der Waals surface area contributed by atoms with Crippen LogP contribution in [0.25, 0.3) is 10.1 Å². The average Bonchev–Trinajstić information content (AvgIpc) is 3.07. The third-order valence-corrected chi connectivity index (χ3v) is 4.49. The Morgan fingerprint density at radius 2 is 2.15 bits per heavy atom. The molecule has 3 aromatic rings. The second kappa shape index (κ2) is 5.81. The molecule has 0 fully saturated rings. The summed E-state index contributed by atoms with van der Waals surface area (Å²) in [5, 5.41) is 7.24. The molecule has 0 aliphatic heterocycles. The molecule has 0 amide bonds. The minimum Gasteiger partial charge on any atom is -0.469 e. The zero-order valence-electron chi connectivity index (χ0n) is 11.8. The standard InChI is InChI=1S/C17H19NOS/c1-3-8-18-17(13-9-12(2)19-10-13)15-11-20-16-7-5-4-6-14(15)16/h4-7,9-11,17-18H,3,8H2,1-2H3. The second-order valence-corrected chi connectivity index (χ2v) is 5.98. The quantitative estimate of drug-likeness (QED) is 0.722. The molecule has 1 aromatic carbocycles. The highest BCUT2D eigenvalue weighted by molar-refractivity contribution is 7.17. The SMILES string of the molecule is CCCNC(c1coc(C)c1)c1csc2ccccc12. The number of aryl methyl sites for hydroxylation is 1. The van der Waals surface area contributed by atoms with Crippen LogP contribution in [0, 0.1) is 6.92 Å². The highest BCUT2D eigenvalue weighted by Crippen LogP contribution is 2.34. The maximum Gasteiger partial charge on any atom is 0.101 e. The largest absolute Gasteiger partial charge is 0.469 e. The van der Waals surface area contributed by atoms with E-state index in [1.54, 1.807) is 11.3 Å². The molecule has 2 aromatic heterocycles. The van der Waals surface area contributed by atoms with Gasteiger partial charge < -0.3 is 9.73 Å². The van der Waals surface area contributed by atoms with Crippen LogP contribution in [0.15, 0.2) is 46.4 Å². The van der Waals surface area contributed by atoms with Crippen molar-refractivity contribution in [3.8, 4) is 0 Å². The van der Waals surface area contributed by atoms with Crippen LogP contribution in [0.3, 0.4) is 0 Å². The van der Waals surface area contributed by atoms with E-state index in [1.807, 2.05) is 13.2 Å². The summed E-state index contributed by atoms with van der Waals surface area (Å²) in [6, 6.07) is 10.9. The molecule has 0 aliphatic rings. The van der Waals surface area contributed by atoms with Gasteiger partial charge in [-0.05, 0) is 48.4 Å². The molecule has 0 saturated carbocycles. The Hall–Kier alpha value is -1.58. The highest BCUT2D eigenvalue weighted by Gasteiger charge is 2.18. The topological polar surface area (TPSA) is 25.2 Å². The Bertz CT molecular complexity index is 698. The zero-order chi connectivity index (χ0) is 13.9. The van der Waals surface area contributed by atoms with E-state index >= 15 is 0 Å². The second-order valence-electron chi connectivity index (χ2n) is 5.07. The number of fused-ring (bicyclic) bond motifs is 1. The maximum atomic E-state index is 5.50. The Balaban J connectivity index is 2.04. The fourth-order valence-electron chi connectivity index (χ4n) is 2.53. The van der Waals surface area contributed by atoms with Gasteiger partial charge in [0.2, 0.25) is 0 Å². The normalized spacial score (nSPS) is 12.9. The van der Waals surface area contributed by atoms with Crippen molar-refractivity contribution in [2.24, 2.45) is 0 Å². The minimum atomic E-state index is 0.212. The van der Waals surface area contributed by atoms with E-state index in [2.05, 4.69) is 48.0 Å². The van der Waals surface area contributed by atoms with Crippen LogP contribution < -0.4 is 5.32 Å². The van der Waals surface area contributed by atoms with E-state index in [-0.39, 0.29) is 6.04 Å². The monoisotopic (exact) mass is 285 g/mol. The van der Waals surface area contributed by atoms with Crippen molar-refractivity contribution >= 4 is 21.4 Å². The van der Waals surface area contributed by atoms with Crippen LogP contribution in [0.2, 0.25) is 0 Å². The molecule has 1 atom stereocenters. The zero-order valence-corrected chi connectivity index (χ0v) is 12.7. The van der Waals surface area contributed by atoms with Gasteiger partial charge >= 0.3 is 0 Å². The average molecular weight is 285 g/mol. The molecule has 20 heavy (non-hydrogen) atoms. The molecule has 1 unspecified atom stereocenters. The Morgan fingerprint density at radius 3 is 2.90 bits per heavy atom. The number of hydrogen-bond acceptors (Lipinski definition) is 3. The first-order valence-electron chi connectivity index (χ1n) is 7.04. The van der Waals surface area contributed by atoms with Gasteiger partial charge in [0.1, 0.15) is 5.76 Å². The van der Waals surface area contributed by atoms with E-state index in [0.717, 1.165) is 18.7 Å². The van der Waals surface area contributed by atoms with Gasteiger partial charge in [0.25, 0.3) is 0 Å². The number of rotatable bonds is 5. The summed E-state index contributed by atoms with van der Waals surface area (Å²) in [4.78, 5) is 0. The van der Waals surface area contributed by atoms with Crippen molar-refractivity contribution in [3.05, 3.63) is 58.9 Å². The first-order valence-corrected chi connectivity index (χ1v) is 7.92. The van der Waals surface area contributed by atoms with Crippen LogP contribution in [0.5, 0.6) is 0 Å². The Morgan fingerprint density at radius 1 is 1.30 bits per heavy atom. The van der Waals surface area contributed by atoms with Gasteiger partial charge in [0.05, 0.1) is 12.3 Å². The summed E-state index contributed by atoms with van der Waals surface area (Å²) >= 11 is 1.81. The van der Waals surface area contributed by atoms with Gasteiger partial charge in [-0.2, -0.15) is 0 Å². The third kappa shape index (κ3) is 2.51. The predicted octanol–water partition coefficient (Wildman–Crippen LogP) is 4.89. The van der Waals surface area contributed by atoms with Gasteiger partial charge in [-0.15, -0.1) is 11.3 Å². The molecule has 104 valence electrons. The molecule has 3 rings (SSSR count). The summed E-state index contributed by atoms with van der Waals surface area (Å²) in [6.45, 7) is 5.18. The summed E-state index contributed by atoms with van der Waals surface area (Å²) in [5.41, 5.74) is 2.55. The minimum absolute atomic E-state index is 0.212. The number of furan rings is 1. The fraction of sp³-hybridized carbons (Fsp3) is 0.294. The third-order valence-electron chi connectivity index (χ3n) is 3.50. The first kappa shape index (κ1) is 13.4. The molecule has 0 radical (unpaired) electrons. The Labute approximate surface area is 123 Å². The van der Waals surface area contributed by atoms with Crippen molar-refractivity contribution in [1.29, 1.82) is 0 Å². The summed E-state index contributed by atoms with van der Waals surface area (Å²) in [7, 11) is 0. The lowest BCUT2D eigenvalue weighted by atomic mass is 10.00. The predicted molar refractivity (Wildman–Crippen MR) is 85.4 cm³/mol. The molecule has 0 bridgehead atoms. The lowest BCUT2D eigenvalue weighted by Gasteiger charge is -2.16. The van der Waals surface area contributed by atoms with Gasteiger partial charge in [0.15, 0.2) is 0 Å². The van der Waals surface area contributed by atoms with Crippen molar-refractivity contribution in [2.75, 3.05) is 6.54 Å². The number of nitrogens with one attached hydrogen (secondary N) is 1. The van der Waals surface area contributed by atoms with Crippen LogP contribution in [-0.2, 0) is 0 Å². The van der Waals surface area contributed by atoms with Crippen molar-refractivity contribution in [1.82, 2.24) is 5.32 Å². The Kier molecular flexibility index (Phi) is 3.90. The molecule has 0 spiro atoms. The highest BCUT2D eigenvalue weighted by atomic mass is 32.1. The summed E-state index contributed by atoms with van der Waals surface area (Å²) in [6.07, 6.45) is 2.99. The number of benzene rings is 1. The van der Waals surface area contributed by atoms with Gasteiger partial charge in [-0.3, -0.25) is 0 Å². The van der Waals surface area contributed by atoms with Crippen molar-refractivity contribution in [2.45, 2.75) is 26.3 Å². The molecule has 0 aliphatic carbocycles. The van der Waals surface area contributed by atoms with Gasteiger partial charge in [-0.1, -0.05) is 25.1 Å². The van der Waals surface area contributed by atoms with Crippen LogP contribution >= 0.6 is 11.3 Å². The summed E-state index contributed by atoms with van der Waals surface area (Å²) < 4.78 is 6.84. The van der Waals surface area contributed by atoms with E-state index < -0.39 is 0 Å². The maximum absolute atomic E-state index is 5.50. The molecular formula is C17H19NOS. The van der Waals surface area contributed by atoms with Gasteiger partial charge in [-0.25, -0.2) is 0 Å². The van der Waals surface area contributed by atoms with Crippen molar-refractivity contribution < 1.29 is 4.42 Å². The smallest absolute Gasteiger partial charge is 0.101 e. The van der Waals surface area contributed by atoms with Gasteiger partial charge in [0, 0.05) is 10.3 Å². The first-order chi connectivity index (χ1) is 9.79. The lowest BCUT2D eigenvalue weighted by Crippen LogP contribution is -2.22. The molecule has 2 nitrogen and oxygen atoms in total. The molecule has 0 saturated heterocycles. The summed E-state index contributed by atoms with van der Waals surface area (Å²) in [5.74, 6) is 0.961. The molecule has 2 heterocycles. The number of hydrogen-bond donors (Lipinski definition) is 1.